The van der Waals surface area contributed by atoms with Crippen molar-refractivity contribution in [1.82, 2.24) is 9.21 Å². The number of sulfonamides is 1. The highest BCUT2D eigenvalue weighted by Crippen LogP contribution is 2.35. The molecule has 3 heterocycles. The number of morpholine rings is 1. The molecule has 0 saturated carbocycles. The molecule has 8 heteroatoms. The minimum absolute atomic E-state index is 0.305. The summed E-state index contributed by atoms with van der Waals surface area (Å²) in [4.78, 5) is 5.59. The van der Waals surface area contributed by atoms with Crippen LogP contribution in [-0.2, 0) is 14.8 Å². The van der Waals surface area contributed by atoms with Crippen molar-refractivity contribution in [1.29, 1.82) is 0 Å². The zero-order valence-electron chi connectivity index (χ0n) is 16.7. The summed E-state index contributed by atoms with van der Waals surface area (Å²) in [7, 11) is -3.46. The summed E-state index contributed by atoms with van der Waals surface area (Å²) >= 11 is 1.88. The molecule has 0 radical (unpaired) electrons. The minimum Gasteiger partial charge on any atom is -0.492 e. The van der Waals surface area contributed by atoms with E-state index in [2.05, 4.69) is 24.0 Å². The van der Waals surface area contributed by atoms with Gasteiger partial charge in [0.25, 0.3) is 0 Å². The normalized spacial score (nSPS) is 21.5. The van der Waals surface area contributed by atoms with Gasteiger partial charge in [0.1, 0.15) is 12.4 Å². The van der Waals surface area contributed by atoms with Crippen molar-refractivity contribution in [2.24, 2.45) is 0 Å². The highest BCUT2D eigenvalue weighted by molar-refractivity contribution is 7.89. The molecule has 0 amide bonds. The Balaban J connectivity index is 1.31. The van der Waals surface area contributed by atoms with E-state index in [0.29, 0.717) is 49.6 Å². The molecule has 2 aliphatic rings. The molecule has 0 bridgehead atoms. The van der Waals surface area contributed by atoms with Crippen LogP contribution in [0.2, 0.25) is 0 Å². The first-order chi connectivity index (χ1) is 14.0. The van der Waals surface area contributed by atoms with E-state index in [-0.39, 0.29) is 0 Å². The lowest BCUT2D eigenvalue weighted by molar-refractivity contribution is 0.0730. The van der Waals surface area contributed by atoms with E-state index < -0.39 is 10.0 Å². The third-order valence-corrected chi connectivity index (χ3v) is 8.55. The maximum Gasteiger partial charge on any atom is 0.243 e. The zero-order chi connectivity index (χ0) is 20.3. The SMILES string of the molecule is Cc1ccc(C2CCCN2CCOc2ccc(S(=O)(=O)N3CCOCC3)cc2)s1. The first-order valence-electron chi connectivity index (χ1n) is 10.2. The Kier molecular flexibility index (Phi) is 6.56. The van der Waals surface area contributed by atoms with Crippen LogP contribution in [0.5, 0.6) is 5.75 Å². The quantitative estimate of drug-likeness (QED) is 0.667. The third-order valence-electron chi connectivity index (χ3n) is 5.53. The van der Waals surface area contributed by atoms with E-state index in [0.717, 1.165) is 13.1 Å². The monoisotopic (exact) mass is 436 g/mol. The summed E-state index contributed by atoms with van der Waals surface area (Å²) in [6, 6.07) is 11.7. The second kappa shape index (κ2) is 9.14. The fourth-order valence-electron chi connectivity index (χ4n) is 3.97. The number of thiophene rings is 1. The fourth-order valence-corrected chi connectivity index (χ4v) is 6.43. The average Bonchev–Trinajstić information content (AvgIpc) is 3.38. The number of benzene rings is 1. The molecule has 2 aromatic rings. The molecule has 0 aliphatic carbocycles. The molecule has 1 aromatic carbocycles. The second-order valence-corrected chi connectivity index (χ2v) is 10.7. The van der Waals surface area contributed by atoms with Gasteiger partial charge in [-0.3, -0.25) is 4.90 Å². The summed E-state index contributed by atoms with van der Waals surface area (Å²) in [5.74, 6) is 0.702. The van der Waals surface area contributed by atoms with E-state index in [4.69, 9.17) is 9.47 Å². The van der Waals surface area contributed by atoms with Gasteiger partial charge in [-0.05, 0) is 62.7 Å². The van der Waals surface area contributed by atoms with Crippen molar-refractivity contribution in [3.8, 4) is 5.75 Å². The molecule has 2 fully saturated rings. The highest BCUT2D eigenvalue weighted by atomic mass is 32.2. The van der Waals surface area contributed by atoms with E-state index in [1.165, 1.54) is 26.9 Å². The summed E-state index contributed by atoms with van der Waals surface area (Å²) in [6.45, 7) is 6.42. The Hall–Kier alpha value is -1.45. The van der Waals surface area contributed by atoms with Gasteiger partial charge in [-0.2, -0.15) is 4.31 Å². The number of nitrogens with zero attached hydrogens (tertiary/aromatic N) is 2. The molecule has 1 aromatic heterocycles. The van der Waals surface area contributed by atoms with Crippen molar-refractivity contribution in [3.63, 3.8) is 0 Å². The topological polar surface area (TPSA) is 59.1 Å². The Morgan fingerprint density at radius 1 is 1.10 bits per heavy atom. The zero-order valence-corrected chi connectivity index (χ0v) is 18.4. The number of hydrogen-bond donors (Lipinski definition) is 0. The molecule has 1 unspecified atom stereocenters. The smallest absolute Gasteiger partial charge is 0.243 e. The number of ether oxygens (including phenoxy) is 2. The van der Waals surface area contributed by atoms with Crippen LogP contribution < -0.4 is 4.74 Å². The van der Waals surface area contributed by atoms with Crippen molar-refractivity contribution in [2.75, 3.05) is 46.0 Å². The molecule has 6 nitrogen and oxygen atoms in total. The van der Waals surface area contributed by atoms with Gasteiger partial charge in [-0.15, -0.1) is 11.3 Å². The lowest BCUT2D eigenvalue weighted by Crippen LogP contribution is -2.40. The summed E-state index contributed by atoms with van der Waals surface area (Å²) in [6.07, 6.45) is 2.42. The van der Waals surface area contributed by atoms with Crippen LogP contribution >= 0.6 is 11.3 Å². The van der Waals surface area contributed by atoms with Crippen molar-refractivity contribution in [2.45, 2.75) is 30.7 Å². The van der Waals surface area contributed by atoms with Gasteiger partial charge >= 0.3 is 0 Å². The lowest BCUT2D eigenvalue weighted by atomic mass is 10.2. The van der Waals surface area contributed by atoms with Gasteiger partial charge in [-0.25, -0.2) is 8.42 Å². The Morgan fingerprint density at radius 3 is 2.55 bits per heavy atom. The van der Waals surface area contributed by atoms with E-state index in [1.807, 2.05) is 11.3 Å². The largest absolute Gasteiger partial charge is 0.492 e. The number of aryl methyl sites for hydroxylation is 1. The molecule has 0 N–H and O–H groups in total. The van der Waals surface area contributed by atoms with Gasteiger partial charge in [-0.1, -0.05) is 0 Å². The van der Waals surface area contributed by atoms with E-state index in [9.17, 15) is 8.42 Å². The standard InChI is InChI=1S/C21H28N2O4S2/c1-17-4-9-21(28-17)20-3-2-10-22(20)11-16-27-18-5-7-19(8-6-18)29(24,25)23-12-14-26-15-13-23/h4-9,20H,2-3,10-16H2,1H3. The third kappa shape index (κ3) is 4.83. The Morgan fingerprint density at radius 2 is 1.86 bits per heavy atom. The minimum atomic E-state index is -3.46. The number of hydrogen-bond acceptors (Lipinski definition) is 6. The van der Waals surface area contributed by atoms with Gasteiger partial charge < -0.3 is 9.47 Å². The van der Waals surface area contributed by atoms with Crippen LogP contribution in [0.15, 0.2) is 41.3 Å². The molecule has 2 saturated heterocycles. The van der Waals surface area contributed by atoms with Crippen LogP contribution in [0.3, 0.4) is 0 Å². The summed E-state index contributed by atoms with van der Waals surface area (Å²) in [5.41, 5.74) is 0. The van der Waals surface area contributed by atoms with E-state index in [1.54, 1.807) is 24.3 Å². The van der Waals surface area contributed by atoms with Crippen LogP contribution in [0, 0.1) is 6.92 Å². The van der Waals surface area contributed by atoms with E-state index >= 15 is 0 Å². The molecular weight excluding hydrogens is 408 g/mol. The van der Waals surface area contributed by atoms with Gasteiger partial charge in [0, 0.05) is 35.4 Å². The maximum absolute atomic E-state index is 12.7. The predicted molar refractivity (Wildman–Crippen MR) is 114 cm³/mol. The van der Waals surface area contributed by atoms with Gasteiger partial charge in [0.15, 0.2) is 0 Å². The Bertz CT molecular complexity index is 905. The molecule has 4 rings (SSSR count). The summed E-state index contributed by atoms with van der Waals surface area (Å²) in [5, 5.41) is 0. The molecule has 2 aliphatic heterocycles. The molecule has 158 valence electrons. The fraction of sp³-hybridized carbons (Fsp3) is 0.524. The van der Waals surface area contributed by atoms with Crippen LogP contribution in [-0.4, -0.2) is 63.6 Å². The number of rotatable bonds is 7. The molecule has 0 spiro atoms. The Labute approximate surface area is 177 Å². The van der Waals surface area contributed by atoms with Crippen molar-refractivity contribution < 1.29 is 17.9 Å². The molecule has 1 atom stereocenters. The highest BCUT2D eigenvalue weighted by Gasteiger charge is 2.27. The lowest BCUT2D eigenvalue weighted by Gasteiger charge is -2.26. The van der Waals surface area contributed by atoms with Gasteiger partial charge in [0.2, 0.25) is 10.0 Å². The summed E-state index contributed by atoms with van der Waals surface area (Å²) < 4.78 is 38.0. The van der Waals surface area contributed by atoms with Gasteiger partial charge in [0.05, 0.1) is 18.1 Å². The van der Waals surface area contributed by atoms with Crippen LogP contribution in [0.4, 0.5) is 0 Å². The second-order valence-electron chi connectivity index (χ2n) is 7.48. The average molecular weight is 437 g/mol. The maximum atomic E-state index is 12.7. The first kappa shape index (κ1) is 20.8. The van der Waals surface area contributed by atoms with Crippen LogP contribution in [0.1, 0.15) is 28.6 Å². The molecular formula is C21H28N2O4S2. The van der Waals surface area contributed by atoms with Crippen LogP contribution in [0.25, 0.3) is 0 Å². The predicted octanol–water partition coefficient (Wildman–Crippen LogP) is 3.29. The number of likely N-dealkylation sites (tertiary alicyclic amines) is 1. The molecule has 29 heavy (non-hydrogen) atoms. The van der Waals surface area contributed by atoms with Crippen molar-refractivity contribution in [3.05, 3.63) is 46.2 Å². The van der Waals surface area contributed by atoms with Crippen molar-refractivity contribution >= 4 is 21.4 Å². The first-order valence-corrected chi connectivity index (χ1v) is 12.4.